The summed E-state index contributed by atoms with van der Waals surface area (Å²) < 4.78 is 18.2. The van der Waals surface area contributed by atoms with Crippen molar-refractivity contribution < 1.29 is 8.91 Å². The van der Waals surface area contributed by atoms with E-state index >= 15 is 0 Å². The molecule has 2 aromatic heterocycles. The fraction of sp³-hybridized carbons (Fsp3) is 0.133. The van der Waals surface area contributed by atoms with E-state index in [1.165, 1.54) is 12.1 Å². The smallest absolute Gasteiger partial charge is 0.229 e. The summed E-state index contributed by atoms with van der Waals surface area (Å²) in [4.78, 5) is 8.62. The zero-order chi connectivity index (χ0) is 16.4. The normalized spacial score (nSPS) is 10.6. The van der Waals surface area contributed by atoms with Crippen molar-refractivity contribution in [3.8, 4) is 0 Å². The maximum absolute atomic E-state index is 13.2. The van der Waals surface area contributed by atoms with Crippen LogP contribution in [0.4, 0.5) is 27.7 Å². The van der Waals surface area contributed by atoms with Gasteiger partial charge in [-0.05, 0) is 32.0 Å². The van der Waals surface area contributed by atoms with Crippen LogP contribution in [0.25, 0.3) is 0 Å². The molecule has 0 aliphatic heterocycles. The number of hydrogen-bond acceptors (Lipinski definition) is 6. The number of rotatable bonds is 4. The van der Waals surface area contributed by atoms with Crippen LogP contribution in [0.15, 0.2) is 34.9 Å². The first-order valence-corrected chi connectivity index (χ1v) is 7.15. The quantitative estimate of drug-likeness (QED) is 0.738. The Morgan fingerprint density at radius 1 is 1.04 bits per heavy atom. The van der Waals surface area contributed by atoms with E-state index in [9.17, 15) is 4.39 Å². The summed E-state index contributed by atoms with van der Waals surface area (Å²) in [5.74, 6) is 1.68. The third kappa shape index (κ3) is 3.75. The highest BCUT2D eigenvalue weighted by atomic mass is 35.5. The van der Waals surface area contributed by atoms with Gasteiger partial charge in [0.05, 0.1) is 5.02 Å². The van der Waals surface area contributed by atoms with E-state index in [0.29, 0.717) is 29.0 Å². The first kappa shape index (κ1) is 15.2. The second-order valence-electron chi connectivity index (χ2n) is 4.92. The standard InChI is InChI=1S/C15H13ClFN5O/c1-8-5-13(20-14-6-9(2)23-22-14)21-15(18-8)19-10-3-4-12(17)11(16)7-10/h3-7H,1-2H3,(H2,18,19,20,21,22). The van der Waals surface area contributed by atoms with E-state index in [0.717, 1.165) is 5.69 Å². The van der Waals surface area contributed by atoms with Crippen molar-refractivity contribution in [1.82, 2.24) is 15.1 Å². The minimum atomic E-state index is -0.480. The van der Waals surface area contributed by atoms with E-state index in [4.69, 9.17) is 16.1 Å². The van der Waals surface area contributed by atoms with Crippen LogP contribution in [0.3, 0.4) is 0 Å². The van der Waals surface area contributed by atoms with Crippen LogP contribution in [-0.4, -0.2) is 15.1 Å². The van der Waals surface area contributed by atoms with Crippen LogP contribution in [-0.2, 0) is 0 Å². The molecular weight excluding hydrogens is 321 g/mol. The van der Waals surface area contributed by atoms with Crippen molar-refractivity contribution in [2.75, 3.05) is 10.6 Å². The van der Waals surface area contributed by atoms with Gasteiger partial charge in [0, 0.05) is 23.5 Å². The molecule has 0 aliphatic rings. The molecule has 3 rings (SSSR count). The van der Waals surface area contributed by atoms with Crippen LogP contribution in [0.1, 0.15) is 11.5 Å². The number of aromatic nitrogens is 3. The minimum Gasteiger partial charge on any atom is -0.360 e. The fourth-order valence-electron chi connectivity index (χ4n) is 1.95. The van der Waals surface area contributed by atoms with Crippen LogP contribution in [0.5, 0.6) is 0 Å². The average Bonchev–Trinajstić information content (AvgIpc) is 2.87. The first-order valence-electron chi connectivity index (χ1n) is 6.78. The molecule has 0 spiro atoms. The van der Waals surface area contributed by atoms with Crippen LogP contribution >= 0.6 is 11.6 Å². The van der Waals surface area contributed by atoms with Crippen molar-refractivity contribution in [2.24, 2.45) is 0 Å². The lowest BCUT2D eigenvalue weighted by atomic mass is 10.3. The largest absolute Gasteiger partial charge is 0.360 e. The van der Waals surface area contributed by atoms with Crippen molar-refractivity contribution in [3.63, 3.8) is 0 Å². The van der Waals surface area contributed by atoms with Gasteiger partial charge in [-0.1, -0.05) is 16.8 Å². The Morgan fingerprint density at radius 3 is 2.57 bits per heavy atom. The molecule has 6 nitrogen and oxygen atoms in total. The molecule has 0 unspecified atom stereocenters. The molecule has 118 valence electrons. The summed E-state index contributed by atoms with van der Waals surface area (Å²) in [6, 6.07) is 7.83. The number of benzene rings is 1. The molecule has 0 aliphatic carbocycles. The zero-order valence-corrected chi connectivity index (χ0v) is 13.1. The highest BCUT2D eigenvalue weighted by Gasteiger charge is 2.07. The Balaban J connectivity index is 1.83. The van der Waals surface area contributed by atoms with Crippen molar-refractivity contribution in [2.45, 2.75) is 13.8 Å². The molecule has 0 radical (unpaired) electrons. The molecule has 0 fully saturated rings. The molecule has 2 N–H and O–H groups in total. The maximum atomic E-state index is 13.2. The van der Waals surface area contributed by atoms with Crippen molar-refractivity contribution >= 4 is 34.9 Å². The third-order valence-electron chi connectivity index (χ3n) is 2.91. The van der Waals surface area contributed by atoms with E-state index in [2.05, 4.69) is 25.8 Å². The van der Waals surface area contributed by atoms with Gasteiger partial charge in [0.1, 0.15) is 17.4 Å². The molecule has 23 heavy (non-hydrogen) atoms. The Labute approximate surface area is 136 Å². The SMILES string of the molecule is Cc1cc(Nc2cc(C)on2)nc(Nc2ccc(F)c(Cl)c2)n1. The lowest BCUT2D eigenvalue weighted by molar-refractivity contribution is 0.400. The number of hydrogen-bond donors (Lipinski definition) is 2. The highest BCUT2D eigenvalue weighted by molar-refractivity contribution is 6.31. The molecule has 3 aromatic rings. The average molecular weight is 334 g/mol. The number of halogens is 2. The molecule has 0 saturated carbocycles. The molecule has 2 heterocycles. The number of aryl methyl sites for hydroxylation is 2. The zero-order valence-electron chi connectivity index (χ0n) is 12.4. The van der Waals surface area contributed by atoms with Gasteiger partial charge in [-0.2, -0.15) is 4.98 Å². The predicted molar refractivity (Wildman–Crippen MR) is 86.0 cm³/mol. The summed E-state index contributed by atoms with van der Waals surface area (Å²) in [7, 11) is 0. The maximum Gasteiger partial charge on any atom is 0.229 e. The number of nitrogens with one attached hydrogen (secondary N) is 2. The second-order valence-corrected chi connectivity index (χ2v) is 5.33. The summed E-state index contributed by atoms with van der Waals surface area (Å²) in [6.45, 7) is 3.64. The molecule has 0 amide bonds. The molecular formula is C15H13ClFN5O. The second kappa shape index (κ2) is 6.21. The van der Waals surface area contributed by atoms with E-state index < -0.39 is 5.82 Å². The molecule has 0 atom stereocenters. The summed E-state index contributed by atoms with van der Waals surface area (Å²) >= 11 is 5.77. The topological polar surface area (TPSA) is 75.9 Å². The number of nitrogens with zero attached hydrogens (tertiary/aromatic N) is 3. The third-order valence-corrected chi connectivity index (χ3v) is 3.20. The van der Waals surface area contributed by atoms with Crippen LogP contribution < -0.4 is 10.6 Å². The fourth-order valence-corrected chi connectivity index (χ4v) is 2.13. The first-order chi connectivity index (χ1) is 11.0. The highest BCUT2D eigenvalue weighted by Crippen LogP contribution is 2.23. The molecule has 0 bridgehead atoms. The summed E-state index contributed by atoms with van der Waals surface area (Å²) in [5, 5.41) is 9.89. The van der Waals surface area contributed by atoms with Crippen LogP contribution in [0, 0.1) is 19.7 Å². The Hall–Kier alpha value is -2.67. The van der Waals surface area contributed by atoms with E-state index in [-0.39, 0.29) is 5.02 Å². The summed E-state index contributed by atoms with van der Waals surface area (Å²) in [5.41, 5.74) is 1.34. The lowest BCUT2D eigenvalue weighted by Gasteiger charge is -2.09. The molecule has 0 saturated heterocycles. The van der Waals surface area contributed by atoms with E-state index in [1.807, 2.05) is 6.92 Å². The lowest BCUT2D eigenvalue weighted by Crippen LogP contribution is -2.02. The Morgan fingerprint density at radius 2 is 1.87 bits per heavy atom. The molecule has 8 heteroatoms. The Bertz CT molecular complexity index is 852. The van der Waals surface area contributed by atoms with Gasteiger partial charge in [-0.3, -0.25) is 0 Å². The van der Waals surface area contributed by atoms with Crippen molar-refractivity contribution in [3.05, 3.63) is 52.6 Å². The Kier molecular flexibility index (Phi) is 4.12. The van der Waals surface area contributed by atoms with Gasteiger partial charge < -0.3 is 15.2 Å². The monoisotopic (exact) mass is 333 g/mol. The van der Waals surface area contributed by atoms with Gasteiger partial charge >= 0.3 is 0 Å². The minimum absolute atomic E-state index is 0.0269. The number of anilines is 4. The van der Waals surface area contributed by atoms with Gasteiger partial charge in [0.15, 0.2) is 5.82 Å². The van der Waals surface area contributed by atoms with Gasteiger partial charge in [0.2, 0.25) is 5.95 Å². The van der Waals surface area contributed by atoms with Gasteiger partial charge in [-0.15, -0.1) is 0 Å². The van der Waals surface area contributed by atoms with Gasteiger partial charge in [-0.25, -0.2) is 9.37 Å². The van der Waals surface area contributed by atoms with Crippen molar-refractivity contribution in [1.29, 1.82) is 0 Å². The molecule has 1 aromatic carbocycles. The van der Waals surface area contributed by atoms with Gasteiger partial charge in [0.25, 0.3) is 0 Å². The van der Waals surface area contributed by atoms with Crippen LogP contribution in [0.2, 0.25) is 5.02 Å². The summed E-state index contributed by atoms with van der Waals surface area (Å²) in [6.07, 6.45) is 0. The predicted octanol–water partition coefficient (Wildman–Crippen LogP) is 4.36. The van der Waals surface area contributed by atoms with E-state index in [1.54, 1.807) is 25.1 Å².